The van der Waals surface area contributed by atoms with Crippen LogP contribution in [0.25, 0.3) is 0 Å². The molecule has 0 aliphatic carbocycles. The molecule has 1 aromatic carbocycles. The lowest BCUT2D eigenvalue weighted by molar-refractivity contribution is -0.117. The predicted molar refractivity (Wildman–Crippen MR) is 79.3 cm³/mol. The van der Waals surface area contributed by atoms with Crippen molar-refractivity contribution in [3.63, 3.8) is 0 Å². The van der Waals surface area contributed by atoms with Crippen LogP contribution >= 0.6 is 15.9 Å². The minimum absolute atomic E-state index is 0.0408. The van der Waals surface area contributed by atoms with Crippen LogP contribution in [0.1, 0.15) is 16.8 Å². The molecule has 1 unspecified atom stereocenters. The summed E-state index contributed by atoms with van der Waals surface area (Å²) >= 11 is 3.26. The fraction of sp³-hybridized carbons (Fsp3) is 0.333. The number of sulfonamides is 1. The Morgan fingerprint density at radius 1 is 1.48 bits per heavy atom. The van der Waals surface area contributed by atoms with E-state index in [2.05, 4.69) is 20.7 Å². The predicted octanol–water partition coefficient (Wildman–Crippen LogP) is 0.630. The molecule has 114 valence electrons. The molecule has 1 aliphatic rings. The molecule has 7 nitrogen and oxygen atoms in total. The number of amides is 1. The number of methoxy groups -OCH3 is 1. The number of anilines is 1. The van der Waals surface area contributed by atoms with Crippen LogP contribution in [-0.4, -0.2) is 39.2 Å². The van der Waals surface area contributed by atoms with Crippen molar-refractivity contribution in [1.29, 1.82) is 0 Å². The number of primary sulfonamides is 1. The van der Waals surface area contributed by atoms with Gasteiger partial charge >= 0.3 is 5.97 Å². The number of nitrogens with two attached hydrogens (primary N) is 1. The first-order chi connectivity index (χ1) is 9.75. The first kappa shape index (κ1) is 15.9. The zero-order valence-electron chi connectivity index (χ0n) is 11.1. The number of carbonyl (C=O) groups excluding carboxylic acids is 2. The first-order valence-corrected chi connectivity index (χ1v) is 8.34. The van der Waals surface area contributed by atoms with Gasteiger partial charge in [-0.3, -0.25) is 4.79 Å². The Balaban J connectivity index is 2.40. The average molecular weight is 377 g/mol. The average Bonchev–Trinajstić information content (AvgIpc) is 2.80. The second kappa shape index (κ2) is 5.74. The summed E-state index contributed by atoms with van der Waals surface area (Å²) in [5.74, 6) is -0.921. The van der Waals surface area contributed by atoms with Gasteiger partial charge in [0.25, 0.3) is 0 Å². The maximum absolute atomic E-state index is 12.0. The summed E-state index contributed by atoms with van der Waals surface area (Å²) in [6, 6.07) is 4.74. The molecule has 0 spiro atoms. The Kier molecular flexibility index (Phi) is 4.35. The zero-order chi connectivity index (χ0) is 15.8. The van der Waals surface area contributed by atoms with Crippen LogP contribution in [0.15, 0.2) is 22.7 Å². The summed E-state index contributed by atoms with van der Waals surface area (Å²) in [4.78, 5) is 24.9. The van der Waals surface area contributed by atoms with E-state index in [1.54, 1.807) is 12.1 Å². The van der Waals surface area contributed by atoms with Crippen molar-refractivity contribution >= 4 is 43.5 Å². The smallest absolute Gasteiger partial charge is 0.339 e. The first-order valence-electron chi connectivity index (χ1n) is 5.94. The molecule has 2 rings (SSSR count). The lowest BCUT2D eigenvalue weighted by Gasteiger charge is -2.19. The quantitative estimate of drug-likeness (QED) is 0.778. The van der Waals surface area contributed by atoms with Gasteiger partial charge in [0, 0.05) is 13.0 Å². The summed E-state index contributed by atoms with van der Waals surface area (Å²) in [6.07, 6.45) is -0.173. The van der Waals surface area contributed by atoms with Gasteiger partial charge in [0.15, 0.2) is 0 Å². The highest BCUT2D eigenvalue weighted by atomic mass is 79.9. The highest BCUT2D eigenvalue weighted by molar-refractivity contribution is 9.10. The third kappa shape index (κ3) is 3.09. The van der Waals surface area contributed by atoms with Gasteiger partial charge in [-0.05, 0) is 28.1 Å². The van der Waals surface area contributed by atoms with Crippen LogP contribution < -0.4 is 10.0 Å². The topological polar surface area (TPSA) is 107 Å². The number of ether oxygens (including phenoxy) is 1. The summed E-state index contributed by atoms with van der Waals surface area (Å²) in [5.41, 5.74) is 0.663. The number of benzene rings is 1. The Bertz CT molecular complexity index is 704. The lowest BCUT2D eigenvalue weighted by atomic mass is 10.2. The summed E-state index contributed by atoms with van der Waals surface area (Å²) in [6.45, 7) is -0.0408. The Morgan fingerprint density at radius 3 is 2.67 bits per heavy atom. The highest BCUT2D eigenvalue weighted by Gasteiger charge is 2.38. The molecular weight excluding hydrogens is 364 g/mol. The zero-order valence-corrected chi connectivity index (χ0v) is 13.5. The number of esters is 1. The van der Waals surface area contributed by atoms with Crippen molar-refractivity contribution in [3.8, 4) is 0 Å². The fourth-order valence-corrected chi connectivity index (χ4v) is 3.50. The standard InChI is InChI=1S/C12H13BrN2O5S/c1-20-12(17)8-3-2-4-9(11(8)13)15-6-7(5-10(15)16)21(14,18)19/h2-4,7H,5-6H2,1H3,(H2,14,18,19). The third-order valence-corrected chi connectivity index (χ3v) is 5.31. The van der Waals surface area contributed by atoms with Crippen molar-refractivity contribution in [1.82, 2.24) is 0 Å². The molecule has 1 aromatic rings. The Labute approximate surface area is 130 Å². The van der Waals surface area contributed by atoms with Gasteiger partial charge in [0.2, 0.25) is 15.9 Å². The van der Waals surface area contributed by atoms with Gasteiger partial charge in [-0.15, -0.1) is 0 Å². The monoisotopic (exact) mass is 376 g/mol. The molecule has 1 heterocycles. The SMILES string of the molecule is COC(=O)c1cccc(N2CC(S(N)(=O)=O)CC2=O)c1Br. The number of rotatable bonds is 3. The number of hydrogen-bond donors (Lipinski definition) is 1. The second-order valence-corrected chi connectivity index (χ2v) is 7.19. The van der Waals surface area contributed by atoms with Gasteiger partial charge in [0.05, 0.1) is 22.8 Å². The van der Waals surface area contributed by atoms with Crippen molar-refractivity contribution in [2.45, 2.75) is 11.7 Å². The van der Waals surface area contributed by atoms with E-state index < -0.39 is 21.2 Å². The number of hydrogen-bond acceptors (Lipinski definition) is 5. The molecular formula is C12H13BrN2O5S. The fourth-order valence-electron chi connectivity index (χ4n) is 2.12. The molecule has 0 saturated carbocycles. The number of halogens is 1. The van der Waals surface area contributed by atoms with Crippen LogP contribution in [0.5, 0.6) is 0 Å². The van der Waals surface area contributed by atoms with Gasteiger partial charge in [0.1, 0.15) is 5.25 Å². The second-order valence-electron chi connectivity index (χ2n) is 4.55. The normalized spacial score (nSPS) is 18.9. The molecule has 0 aromatic heterocycles. The van der Waals surface area contributed by atoms with E-state index in [1.807, 2.05) is 0 Å². The van der Waals surface area contributed by atoms with Gasteiger partial charge in [-0.2, -0.15) is 0 Å². The molecule has 1 amide bonds. The minimum Gasteiger partial charge on any atom is -0.465 e. The number of nitrogens with zero attached hydrogens (tertiary/aromatic N) is 1. The van der Waals surface area contributed by atoms with Crippen molar-refractivity contribution < 1.29 is 22.7 Å². The highest BCUT2D eigenvalue weighted by Crippen LogP contribution is 2.33. The maximum Gasteiger partial charge on any atom is 0.339 e. The van der Waals surface area contributed by atoms with Crippen molar-refractivity contribution in [2.24, 2.45) is 5.14 Å². The molecule has 1 fully saturated rings. The van der Waals surface area contributed by atoms with E-state index in [-0.39, 0.29) is 24.4 Å². The minimum atomic E-state index is -3.79. The van der Waals surface area contributed by atoms with Crippen LogP contribution in [-0.2, 0) is 19.6 Å². The van der Waals surface area contributed by atoms with Crippen LogP contribution in [0, 0.1) is 0 Å². The van der Waals surface area contributed by atoms with Crippen LogP contribution in [0.3, 0.4) is 0 Å². The molecule has 0 radical (unpaired) electrons. The summed E-state index contributed by atoms with van der Waals surface area (Å²) in [7, 11) is -2.54. The van der Waals surface area contributed by atoms with Crippen LogP contribution in [0.4, 0.5) is 5.69 Å². The van der Waals surface area contributed by atoms with Crippen LogP contribution in [0.2, 0.25) is 0 Å². The molecule has 9 heteroatoms. The Morgan fingerprint density at radius 2 is 2.14 bits per heavy atom. The van der Waals surface area contributed by atoms with Crippen molar-refractivity contribution in [2.75, 3.05) is 18.6 Å². The largest absolute Gasteiger partial charge is 0.465 e. The number of carbonyl (C=O) groups is 2. The molecule has 21 heavy (non-hydrogen) atoms. The van der Waals surface area contributed by atoms with E-state index in [9.17, 15) is 18.0 Å². The Hall–Kier alpha value is -1.45. The lowest BCUT2D eigenvalue weighted by Crippen LogP contribution is -2.32. The summed E-state index contributed by atoms with van der Waals surface area (Å²) < 4.78 is 27.8. The molecule has 1 aliphatic heterocycles. The van der Waals surface area contributed by atoms with E-state index in [0.29, 0.717) is 10.2 Å². The molecule has 1 atom stereocenters. The van der Waals surface area contributed by atoms with Gasteiger partial charge < -0.3 is 9.64 Å². The van der Waals surface area contributed by atoms with Crippen molar-refractivity contribution in [3.05, 3.63) is 28.2 Å². The summed E-state index contributed by atoms with van der Waals surface area (Å²) in [5, 5.41) is 4.14. The van der Waals surface area contributed by atoms with E-state index in [0.717, 1.165) is 0 Å². The molecule has 1 saturated heterocycles. The molecule has 0 bridgehead atoms. The van der Waals surface area contributed by atoms with E-state index in [1.165, 1.54) is 18.1 Å². The van der Waals surface area contributed by atoms with E-state index in [4.69, 9.17) is 5.14 Å². The molecule has 2 N–H and O–H groups in total. The van der Waals surface area contributed by atoms with Gasteiger partial charge in [-0.1, -0.05) is 6.07 Å². The van der Waals surface area contributed by atoms with Gasteiger partial charge in [-0.25, -0.2) is 18.4 Å². The third-order valence-electron chi connectivity index (χ3n) is 3.23. The maximum atomic E-state index is 12.0. The van der Waals surface area contributed by atoms with E-state index >= 15 is 0 Å².